The van der Waals surface area contributed by atoms with Crippen LogP contribution < -0.4 is 5.32 Å². The second-order valence-electron chi connectivity index (χ2n) is 9.59. The zero-order valence-corrected chi connectivity index (χ0v) is 23.7. The Hall–Kier alpha value is -3.24. The number of benzene rings is 2. The molecular formula is C27H32ClFN4O4S. The van der Waals surface area contributed by atoms with Gasteiger partial charge in [-0.05, 0) is 63.2 Å². The molecule has 0 saturated carbocycles. The molecule has 2 amide bonds. The summed E-state index contributed by atoms with van der Waals surface area (Å²) in [7, 11) is -3.15. The molecule has 11 heteroatoms. The van der Waals surface area contributed by atoms with Crippen molar-refractivity contribution in [1.29, 1.82) is 0 Å². The van der Waals surface area contributed by atoms with Gasteiger partial charge in [-0.25, -0.2) is 12.8 Å². The largest absolute Gasteiger partial charge is 0.337 e. The topological polar surface area (TPSA) is 101 Å². The Labute approximate surface area is 227 Å². The molecule has 1 aliphatic heterocycles. The molecule has 204 valence electrons. The van der Waals surface area contributed by atoms with Gasteiger partial charge in [-0.1, -0.05) is 25.4 Å². The zero-order chi connectivity index (χ0) is 28.3. The smallest absolute Gasteiger partial charge is 0.259 e. The van der Waals surface area contributed by atoms with Gasteiger partial charge in [0.2, 0.25) is 0 Å². The third-order valence-corrected chi connectivity index (χ3v) is 7.79. The highest BCUT2D eigenvalue weighted by Crippen LogP contribution is 2.30. The quantitative estimate of drug-likeness (QED) is 0.468. The number of hydrogen-bond acceptors (Lipinski definition) is 5. The number of carbonyl (C=O) groups is 2. The van der Waals surface area contributed by atoms with E-state index in [1.807, 2.05) is 34.6 Å². The lowest BCUT2D eigenvalue weighted by Gasteiger charge is -2.27. The number of nitrogens with zero attached hydrogens (tertiary/aromatic N) is 3. The molecule has 1 N–H and O–H groups in total. The maximum absolute atomic E-state index is 13.5. The summed E-state index contributed by atoms with van der Waals surface area (Å²) >= 11 is 6.27. The van der Waals surface area contributed by atoms with Crippen molar-refractivity contribution in [3.63, 3.8) is 0 Å². The summed E-state index contributed by atoms with van der Waals surface area (Å²) in [6.07, 6.45) is 1.45. The van der Waals surface area contributed by atoms with Gasteiger partial charge in [-0.3, -0.25) is 14.3 Å². The summed E-state index contributed by atoms with van der Waals surface area (Å²) in [6, 6.07) is 10.4. The maximum Gasteiger partial charge on any atom is 0.259 e. The van der Waals surface area contributed by atoms with Gasteiger partial charge >= 0.3 is 0 Å². The second-order valence-corrected chi connectivity index (χ2v) is 12.3. The molecule has 0 aliphatic carbocycles. The van der Waals surface area contributed by atoms with Crippen LogP contribution in [0.2, 0.25) is 5.02 Å². The SMILES string of the molecule is CC.CC(C)(C)n1ncc(C(=O)Nc2ccc(Cl)c(C(=O)N3CCS(=O)(=O)CC3)c2)c1-c1ccc(F)cc1. The Bertz CT molecular complexity index is 1420. The Morgan fingerprint density at radius 1 is 1.00 bits per heavy atom. The predicted molar refractivity (Wildman–Crippen MR) is 148 cm³/mol. The normalized spacial score (nSPS) is 14.9. The Morgan fingerprint density at radius 3 is 2.18 bits per heavy atom. The molecule has 0 bridgehead atoms. The van der Waals surface area contributed by atoms with E-state index in [1.165, 1.54) is 35.4 Å². The van der Waals surface area contributed by atoms with E-state index in [1.54, 1.807) is 22.9 Å². The van der Waals surface area contributed by atoms with Crippen molar-refractivity contribution in [2.75, 3.05) is 29.9 Å². The van der Waals surface area contributed by atoms with Crippen LogP contribution in [-0.2, 0) is 15.4 Å². The van der Waals surface area contributed by atoms with E-state index in [-0.39, 0.29) is 40.7 Å². The molecule has 0 spiro atoms. The third-order valence-electron chi connectivity index (χ3n) is 5.85. The number of amides is 2. The summed E-state index contributed by atoms with van der Waals surface area (Å²) in [5.41, 5.74) is 1.48. The Balaban J connectivity index is 0.00000195. The second kappa shape index (κ2) is 11.7. The van der Waals surface area contributed by atoms with E-state index in [4.69, 9.17) is 11.6 Å². The first-order valence-corrected chi connectivity index (χ1v) is 14.5. The van der Waals surface area contributed by atoms with Gasteiger partial charge in [0.15, 0.2) is 9.84 Å². The number of carbonyl (C=O) groups excluding carboxylic acids is 2. The molecule has 38 heavy (non-hydrogen) atoms. The van der Waals surface area contributed by atoms with Crippen LogP contribution in [-0.4, -0.2) is 59.5 Å². The monoisotopic (exact) mass is 562 g/mol. The molecule has 0 unspecified atom stereocenters. The number of anilines is 1. The molecule has 1 aliphatic rings. The summed E-state index contributed by atoms with van der Waals surface area (Å²) < 4.78 is 38.7. The summed E-state index contributed by atoms with van der Waals surface area (Å²) in [6.45, 7) is 10.00. The average Bonchev–Trinajstić information content (AvgIpc) is 3.33. The Kier molecular flexibility index (Phi) is 8.99. The van der Waals surface area contributed by atoms with Gasteiger partial charge in [-0.15, -0.1) is 0 Å². The molecule has 2 heterocycles. The van der Waals surface area contributed by atoms with Crippen LogP contribution in [0.3, 0.4) is 0 Å². The van der Waals surface area contributed by atoms with Crippen molar-refractivity contribution in [3.05, 3.63) is 70.6 Å². The number of rotatable bonds is 4. The van der Waals surface area contributed by atoms with Gasteiger partial charge in [0, 0.05) is 24.3 Å². The van der Waals surface area contributed by atoms with Crippen LogP contribution in [0.5, 0.6) is 0 Å². The van der Waals surface area contributed by atoms with Gasteiger partial charge < -0.3 is 10.2 Å². The number of sulfone groups is 1. The van der Waals surface area contributed by atoms with Gasteiger partial charge in [0.1, 0.15) is 5.82 Å². The highest BCUT2D eigenvalue weighted by molar-refractivity contribution is 7.91. The molecular weight excluding hydrogens is 531 g/mol. The fourth-order valence-electron chi connectivity index (χ4n) is 3.96. The van der Waals surface area contributed by atoms with Crippen LogP contribution in [0.25, 0.3) is 11.3 Å². The summed E-state index contributed by atoms with van der Waals surface area (Å²) in [4.78, 5) is 27.8. The van der Waals surface area contributed by atoms with Gasteiger partial charge in [0.05, 0.1) is 45.1 Å². The molecule has 1 saturated heterocycles. The molecule has 4 rings (SSSR count). The molecule has 2 aromatic carbocycles. The van der Waals surface area contributed by atoms with Crippen molar-refractivity contribution < 1.29 is 22.4 Å². The lowest BCUT2D eigenvalue weighted by molar-refractivity contribution is 0.0770. The van der Waals surface area contributed by atoms with Crippen molar-refractivity contribution in [3.8, 4) is 11.3 Å². The van der Waals surface area contributed by atoms with Crippen LogP contribution in [0.4, 0.5) is 10.1 Å². The molecule has 8 nitrogen and oxygen atoms in total. The van der Waals surface area contributed by atoms with Gasteiger partial charge in [0.25, 0.3) is 11.8 Å². The van der Waals surface area contributed by atoms with E-state index in [0.29, 0.717) is 16.9 Å². The average molecular weight is 563 g/mol. The predicted octanol–water partition coefficient (Wildman–Crippen LogP) is 5.25. The van der Waals surface area contributed by atoms with E-state index in [2.05, 4.69) is 10.4 Å². The lowest BCUT2D eigenvalue weighted by Crippen LogP contribution is -2.43. The van der Waals surface area contributed by atoms with E-state index >= 15 is 0 Å². The maximum atomic E-state index is 13.5. The molecule has 1 fully saturated rings. The molecule has 0 radical (unpaired) electrons. The van der Waals surface area contributed by atoms with Crippen LogP contribution in [0, 0.1) is 5.82 Å². The molecule has 0 atom stereocenters. The van der Waals surface area contributed by atoms with E-state index < -0.39 is 33.0 Å². The first kappa shape index (κ1) is 29.3. The minimum absolute atomic E-state index is 0.0844. The first-order chi connectivity index (χ1) is 17.9. The first-order valence-electron chi connectivity index (χ1n) is 12.3. The van der Waals surface area contributed by atoms with Gasteiger partial charge in [-0.2, -0.15) is 5.10 Å². The zero-order valence-electron chi connectivity index (χ0n) is 22.1. The van der Waals surface area contributed by atoms with Crippen LogP contribution >= 0.6 is 11.6 Å². The van der Waals surface area contributed by atoms with Crippen LogP contribution in [0.15, 0.2) is 48.7 Å². The fourth-order valence-corrected chi connectivity index (χ4v) is 5.36. The fraction of sp³-hybridized carbons (Fsp3) is 0.370. The number of hydrogen-bond donors (Lipinski definition) is 1. The minimum Gasteiger partial charge on any atom is -0.337 e. The van der Waals surface area contributed by atoms with Crippen molar-refractivity contribution >= 4 is 38.9 Å². The van der Waals surface area contributed by atoms with Crippen LogP contribution in [0.1, 0.15) is 55.3 Å². The van der Waals surface area contributed by atoms with E-state index in [0.717, 1.165) is 0 Å². The third kappa shape index (κ3) is 6.60. The van der Waals surface area contributed by atoms with Crippen molar-refractivity contribution in [1.82, 2.24) is 14.7 Å². The highest BCUT2D eigenvalue weighted by atomic mass is 35.5. The van der Waals surface area contributed by atoms with Crippen molar-refractivity contribution in [2.24, 2.45) is 0 Å². The number of aromatic nitrogens is 2. The Morgan fingerprint density at radius 2 is 1.61 bits per heavy atom. The standard InChI is InChI=1S/C25H26ClFN4O4S.C2H6/c1-25(2,3)31-22(16-4-6-17(27)7-5-16)20(15-28-31)23(32)29-18-8-9-21(26)19(14-18)24(33)30-10-12-36(34,35)13-11-30;1-2/h4-9,14-15H,10-13H2,1-3H3,(H,29,32);1-2H3. The molecule has 1 aromatic heterocycles. The van der Waals surface area contributed by atoms with Crippen molar-refractivity contribution in [2.45, 2.75) is 40.2 Å². The van der Waals surface area contributed by atoms with E-state index in [9.17, 15) is 22.4 Å². The summed E-state index contributed by atoms with van der Waals surface area (Å²) in [5.74, 6) is -1.46. The summed E-state index contributed by atoms with van der Waals surface area (Å²) in [5, 5.41) is 7.40. The number of halogens is 2. The highest BCUT2D eigenvalue weighted by Gasteiger charge is 2.28. The number of nitrogens with one attached hydrogen (secondary N) is 1. The molecule has 3 aromatic rings. The lowest BCUT2D eigenvalue weighted by atomic mass is 10.0. The minimum atomic E-state index is -3.15.